The zero-order valence-corrected chi connectivity index (χ0v) is 9.13. The van der Waals surface area contributed by atoms with Gasteiger partial charge in [0.25, 0.3) is 0 Å². The van der Waals surface area contributed by atoms with E-state index in [9.17, 15) is 4.79 Å². The summed E-state index contributed by atoms with van der Waals surface area (Å²) in [7, 11) is 0. The van der Waals surface area contributed by atoms with Gasteiger partial charge in [0.15, 0.2) is 0 Å². The van der Waals surface area contributed by atoms with Crippen LogP contribution in [0, 0.1) is 0 Å². The van der Waals surface area contributed by atoms with Gasteiger partial charge < -0.3 is 0 Å². The second kappa shape index (κ2) is 7.78. The summed E-state index contributed by atoms with van der Waals surface area (Å²) in [5.41, 5.74) is 0. The Morgan fingerprint density at radius 3 is 2.21 bits per heavy atom. The van der Waals surface area contributed by atoms with Crippen molar-refractivity contribution in [2.75, 3.05) is 0 Å². The lowest BCUT2D eigenvalue weighted by atomic mass is 10.1. The van der Waals surface area contributed by atoms with E-state index >= 15 is 0 Å². The largest absolute Gasteiger partial charge is 0.299 e. The molecule has 0 aromatic heterocycles. The first-order chi connectivity index (χ1) is 6.89. The second-order valence-electron chi connectivity index (χ2n) is 4.23. The quantitative estimate of drug-likeness (QED) is 0.532. The minimum Gasteiger partial charge on any atom is -0.299 e. The van der Waals surface area contributed by atoms with E-state index in [1.54, 1.807) is 0 Å². The molecule has 0 saturated heterocycles. The first kappa shape index (κ1) is 11.5. The molecule has 1 aliphatic carbocycles. The normalized spacial score (nSPS) is 22.1. The molecule has 1 heteroatoms. The molecule has 0 amide bonds. The van der Waals surface area contributed by atoms with Crippen LogP contribution in [0.4, 0.5) is 0 Å². The summed E-state index contributed by atoms with van der Waals surface area (Å²) in [6.45, 7) is 0. The minimum absolute atomic E-state index is 0.417. The van der Waals surface area contributed by atoms with Crippen molar-refractivity contribution >= 4 is 5.78 Å². The third kappa shape index (κ3) is 5.95. The van der Waals surface area contributed by atoms with Crippen LogP contribution in [0.2, 0.25) is 0 Å². The molecule has 0 radical (unpaired) electrons. The van der Waals surface area contributed by atoms with Gasteiger partial charge in [-0.3, -0.25) is 4.79 Å². The van der Waals surface area contributed by atoms with Crippen LogP contribution in [-0.4, -0.2) is 5.78 Å². The summed E-state index contributed by atoms with van der Waals surface area (Å²) >= 11 is 0. The summed E-state index contributed by atoms with van der Waals surface area (Å²) in [5.74, 6) is 0.417. The monoisotopic (exact) mass is 194 g/mol. The molecule has 0 bridgehead atoms. The lowest BCUT2D eigenvalue weighted by molar-refractivity contribution is -0.118. The van der Waals surface area contributed by atoms with E-state index in [-0.39, 0.29) is 0 Å². The fraction of sp³-hybridized carbons (Fsp3) is 0.769. The topological polar surface area (TPSA) is 17.1 Å². The maximum Gasteiger partial charge on any atom is 0.136 e. The van der Waals surface area contributed by atoms with Gasteiger partial charge in [-0.25, -0.2) is 0 Å². The summed E-state index contributed by atoms with van der Waals surface area (Å²) in [6, 6.07) is 0. The third-order valence-corrected chi connectivity index (χ3v) is 2.84. The highest BCUT2D eigenvalue weighted by atomic mass is 16.1. The Labute approximate surface area is 87.6 Å². The molecule has 0 aliphatic heterocycles. The maximum absolute atomic E-state index is 11.3. The fourth-order valence-corrected chi connectivity index (χ4v) is 1.90. The summed E-state index contributed by atoms with van der Waals surface area (Å²) in [6.07, 6.45) is 15.9. The first-order valence-electron chi connectivity index (χ1n) is 6.06. The van der Waals surface area contributed by atoms with Crippen molar-refractivity contribution in [3.8, 4) is 0 Å². The summed E-state index contributed by atoms with van der Waals surface area (Å²) in [5, 5.41) is 0. The summed E-state index contributed by atoms with van der Waals surface area (Å²) < 4.78 is 0. The van der Waals surface area contributed by atoms with Crippen molar-refractivity contribution in [2.24, 2.45) is 0 Å². The van der Waals surface area contributed by atoms with Crippen LogP contribution in [0.3, 0.4) is 0 Å². The first-order valence-corrected chi connectivity index (χ1v) is 6.06. The van der Waals surface area contributed by atoms with Crippen LogP contribution in [0.1, 0.15) is 64.2 Å². The molecule has 0 spiro atoms. The molecule has 1 nitrogen and oxygen atoms in total. The van der Waals surface area contributed by atoms with E-state index in [1.165, 1.54) is 38.5 Å². The van der Waals surface area contributed by atoms with Crippen LogP contribution in [0.15, 0.2) is 12.2 Å². The average Bonchev–Trinajstić information content (AvgIpc) is 2.20. The molecule has 0 aromatic rings. The van der Waals surface area contributed by atoms with E-state index in [0.717, 1.165) is 19.3 Å². The van der Waals surface area contributed by atoms with Crippen LogP contribution in [0.25, 0.3) is 0 Å². The van der Waals surface area contributed by atoms with Gasteiger partial charge in [0, 0.05) is 12.8 Å². The van der Waals surface area contributed by atoms with Crippen molar-refractivity contribution in [2.45, 2.75) is 64.2 Å². The van der Waals surface area contributed by atoms with Crippen molar-refractivity contribution in [3.63, 3.8) is 0 Å². The second-order valence-corrected chi connectivity index (χ2v) is 4.23. The maximum atomic E-state index is 11.3. The molecule has 14 heavy (non-hydrogen) atoms. The highest BCUT2D eigenvalue weighted by molar-refractivity contribution is 5.79. The molecule has 0 N–H and O–H groups in total. The van der Waals surface area contributed by atoms with Gasteiger partial charge in [0.1, 0.15) is 5.78 Å². The number of hydrogen-bond acceptors (Lipinski definition) is 1. The number of rotatable bonds is 0. The Hall–Kier alpha value is -0.590. The Bertz CT molecular complexity index is 182. The molecule has 0 heterocycles. The highest BCUT2D eigenvalue weighted by Crippen LogP contribution is 2.11. The van der Waals surface area contributed by atoms with E-state index in [1.807, 2.05) is 0 Å². The summed E-state index contributed by atoms with van der Waals surface area (Å²) in [4.78, 5) is 11.3. The van der Waals surface area contributed by atoms with Gasteiger partial charge >= 0.3 is 0 Å². The smallest absolute Gasteiger partial charge is 0.136 e. The Morgan fingerprint density at radius 2 is 1.43 bits per heavy atom. The Kier molecular flexibility index (Phi) is 6.38. The van der Waals surface area contributed by atoms with Gasteiger partial charge in [-0.2, -0.15) is 0 Å². The number of ketones is 1. The van der Waals surface area contributed by atoms with E-state index in [0.29, 0.717) is 12.2 Å². The Balaban J connectivity index is 2.24. The van der Waals surface area contributed by atoms with E-state index in [2.05, 4.69) is 12.2 Å². The number of carbonyl (C=O) groups is 1. The van der Waals surface area contributed by atoms with Crippen LogP contribution in [-0.2, 0) is 4.79 Å². The number of allylic oxidation sites excluding steroid dienone is 2. The standard InChI is InChI=1S/C13H22O/c14-13-11-9-7-5-3-1-2-4-6-8-10-12-13/h7,9H,1-6,8,10-12H2. The number of Topliss-reactive ketones (excluding diaryl/α,β-unsaturated/α-hetero) is 1. The zero-order chi connectivity index (χ0) is 10.1. The van der Waals surface area contributed by atoms with Gasteiger partial charge in [-0.1, -0.05) is 44.3 Å². The lowest BCUT2D eigenvalue weighted by Gasteiger charge is -1.99. The molecule has 0 aromatic carbocycles. The van der Waals surface area contributed by atoms with E-state index < -0.39 is 0 Å². The van der Waals surface area contributed by atoms with Crippen LogP contribution >= 0.6 is 0 Å². The molecule has 0 saturated carbocycles. The molecule has 1 rings (SSSR count). The van der Waals surface area contributed by atoms with Gasteiger partial charge in [0.05, 0.1) is 0 Å². The van der Waals surface area contributed by atoms with Gasteiger partial charge in [0.2, 0.25) is 0 Å². The minimum atomic E-state index is 0.417. The predicted octanol–water partition coefficient (Wildman–Crippen LogP) is 4.03. The number of carbonyl (C=O) groups excluding carboxylic acids is 1. The zero-order valence-electron chi connectivity index (χ0n) is 9.13. The molecule has 0 atom stereocenters. The van der Waals surface area contributed by atoms with Gasteiger partial charge in [-0.15, -0.1) is 0 Å². The number of hydrogen-bond donors (Lipinski definition) is 0. The Morgan fingerprint density at radius 1 is 0.786 bits per heavy atom. The van der Waals surface area contributed by atoms with Crippen LogP contribution < -0.4 is 0 Å². The van der Waals surface area contributed by atoms with Crippen molar-refractivity contribution < 1.29 is 4.79 Å². The fourth-order valence-electron chi connectivity index (χ4n) is 1.90. The molecular weight excluding hydrogens is 172 g/mol. The third-order valence-electron chi connectivity index (χ3n) is 2.84. The lowest BCUT2D eigenvalue weighted by Crippen LogP contribution is -1.95. The SMILES string of the molecule is O=C1CC=CCCCCCCCCC1. The van der Waals surface area contributed by atoms with E-state index in [4.69, 9.17) is 0 Å². The van der Waals surface area contributed by atoms with Gasteiger partial charge in [-0.05, 0) is 19.3 Å². The molecule has 80 valence electrons. The molecular formula is C13H22O. The predicted molar refractivity (Wildman–Crippen MR) is 60.3 cm³/mol. The molecule has 1 aliphatic rings. The van der Waals surface area contributed by atoms with Crippen molar-refractivity contribution in [3.05, 3.63) is 12.2 Å². The molecule has 0 unspecified atom stereocenters. The van der Waals surface area contributed by atoms with Crippen molar-refractivity contribution in [1.82, 2.24) is 0 Å². The highest BCUT2D eigenvalue weighted by Gasteiger charge is 1.99. The van der Waals surface area contributed by atoms with Crippen molar-refractivity contribution in [1.29, 1.82) is 0 Å². The average molecular weight is 194 g/mol. The molecule has 0 fully saturated rings. The van der Waals surface area contributed by atoms with Crippen LogP contribution in [0.5, 0.6) is 0 Å².